The predicted octanol–water partition coefficient (Wildman–Crippen LogP) is 2.39. The van der Waals surface area contributed by atoms with Crippen molar-refractivity contribution in [3.8, 4) is 0 Å². The van der Waals surface area contributed by atoms with Crippen molar-refractivity contribution in [1.82, 2.24) is 4.72 Å². The Bertz CT molecular complexity index is 557. The van der Waals surface area contributed by atoms with Gasteiger partial charge in [-0.15, -0.1) is 0 Å². The molecule has 1 saturated carbocycles. The van der Waals surface area contributed by atoms with Crippen molar-refractivity contribution in [2.75, 3.05) is 0 Å². The summed E-state index contributed by atoms with van der Waals surface area (Å²) in [5.74, 6) is 0. The molecule has 112 valence electrons. The molecule has 1 fully saturated rings. The first-order valence-electron chi connectivity index (χ1n) is 7.14. The largest absolute Gasteiger partial charge is 0.326 e. The molecule has 0 heterocycles. The van der Waals surface area contributed by atoms with Gasteiger partial charge < -0.3 is 5.73 Å². The zero-order valence-electron chi connectivity index (χ0n) is 12.2. The summed E-state index contributed by atoms with van der Waals surface area (Å²) in [6, 6.07) is 6.89. The topological polar surface area (TPSA) is 72.2 Å². The molecule has 0 spiro atoms. The highest BCUT2D eigenvalue weighted by Gasteiger charge is 2.29. The lowest BCUT2D eigenvalue weighted by molar-refractivity contribution is 0.218. The van der Waals surface area contributed by atoms with Crippen molar-refractivity contribution in [2.45, 2.75) is 57.0 Å². The Hall–Kier alpha value is -0.910. The van der Waals surface area contributed by atoms with Crippen molar-refractivity contribution in [2.24, 2.45) is 11.1 Å². The van der Waals surface area contributed by atoms with Crippen LogP contribution in [0.1, 0.15) is 45.1 Å². The maximum absolute atomic E-state index is 12.4. The van der Waals surface area contributed by atoms with Gasteiger partial charge in [-0.05, 0) is 48.8 Å². The van der Waals surface area contributed by atoms with E-state index in [4.69, 9.17) is 5.73 Å². The van der Waals surface area contributed by atoms with E-state index in [0.29, 0.717) is 16.9 Å². The molecular formula is C15H24N2O2S. The molecule has 0 atom stereocenters. The standard InChI is InChI=1S/C15H24N2O2S/c1-15(2)8-6-13(7-9-15)17-20(18,19)14-5-3-4-12(10-14)11-16/h3-5,10,13,17H,6-9,11,16H2,1-2H3. The Balaban J connectivity index is 2.08. The summed E-state index contributed by atoms with van der Waals surface area (Å²) in [5.41, 5.74) is 6.73. The van der Waals surface area contributed by atoms with Crippen LogP contribution in [0.15, 0.2) is 29.2 Å². The van der Waals surface area contributed by atoms with Gasteiger partial charge >= 0.3 is 0 Å². The fourth-order valence-corrected chi connectivity index (χ4v) is 4.02. The molecule has 0 saturated heterocycles. The minimum atomic E-state index is -3.44. The van der Waals surface area contributed by atoms with Crippen molar-refractivity contribution >= 4 is 10.0 Å². The number of rotatable bonds is 4. The van der Waals surface area contributed by atoms with Gasteiger partial charge in [0.05, 0.1) is 4.90 Å². The van der Waals surface area contributed by atoms with E-state index in [-0.39, 0.29) is 6.04 Å². The fourth-order valence-electron chi connectivity index (χ4n) is 2.64. The van der Waals surface area contributed by atoms with Crippen molar-refractivity contribution in [3.05, 3.63) is 29.8 Å². The number of hydrogen-bond acceptors (Lipinski definition) is 3. The molecule has 0 aliphatic heterocycles. The predicted molar refractivity (Wildman–Crippen MR) is 80.7 cm³/mol. The summed E-state index contributed by atoms with van der Waals surface area (Å²) in [7, 11) is -3.44. The lowest BCUT2D eigenvalue weighted by Gasteiger charge is -2.34. The second-order valence-corrected chi connectivity index (χ2v) is 8.13. The van der Waals surface area contributed by atoms with Crippen LogP contribution in [-0.2, 0) is 16.6 Å². The lowest BCUT2D eigenvalue weighted by Crippen LogP contribution is -2.39. The average Bonchev–Trinajstić information content (AvgIpc) is 2.41. The first-order valence-corrected chi connectivity index (χ1v) is 8.62. The van der Waals surface area contributed by atoms with Gasteiger partial charge in [0.2, 0.25) is 10.0 Å². The van der Waals surface area contributed by atoms with Crippen LogP contribution in [0.25, 0.3) is 0 Å². The van der Waals surface area contributed by atoms with E-state index >= 15 is 0 Å². The maximum atomic E-state index is 12.4. The Morgan fingerprint density at radius 3 is 2.55 bits per heavy atom. The maximum Gasteiger partial charge on any atom is 0.240 e. The van der Waals surface area contributed by atoms with Crippen LogP contribution in [0, 0.1) is 5.41 Å². The van der Waals surface area contributed by atoms with Crippen molar-refractivity contribution in [1.29, 1.82) is 0 Å². The minimum absolute atomic E-state index is 0.0505. The number of nitrogens with two attached hydrogens (primary N) is 1. The summed E-state index contributed by atoms with van der Waals surface area (Å²) >= 11 is 0. The monoisotopic (exact) mass is 296 g/mol. The van der Waals surface area contributed by atoms with Crippen LogP contribution >= 0.6 is 0 Å². The van der Waals surface area contributed by atoms with Crippen LogP contribution < -0.4 is 10.5 Å². The fraction of sp³-hybridized carbons (Fsp3) is 0.600. The lowest BCUT2D eigenvalue weighted by atomic mass is 9.76. The Morgan fingerprint density at radius 1 is 1.30 bits per heavy atom. The molecule has 5 heteroatoms. The second kappa shape index (κ2) is 5.84. The van der Waals surface area contributed by atoms with Crippen LogP contribution in [0.5, 0.6) is 0 Å². The van der Waals surface area contributed by atoms with E-state index in [0.717, 1.165) is 31.2 Å². The van der Waals surface area contributed by atoms with Gasteiger partial charge in [0.1, 0.15) is 0 Å². The number of sulfonamides is 1. The summed E-state index contributed by atoms with van der Waals surface area (Å²) in [5, 5.41) is 0. The number of benzene rings is 1. The third kappa shape index (κ3) is 3.81. The van der Waals surface area contributed by atoms with Gasteiger partial charge in [-0.3, -0.25) is 0 Å². The third-order valence-electron chi connectivity index (χ3n) is 4.11. The van der Waals surface area contributed by atoms with Crippen LogP contribution in [0.2, 0.25) is 0 Å². The molecular weight excluding hydrogens is 272 g/mol. The van der Waals surface area contributed by atoms with E-state index in [1.165, 1.54) is 0 Å². The SMILES string of the molecule is CC1(C)CCC(NS(=O)(=O)c2cccc(CN)c2)CC1. The molecule has 1 aromatic carbocycles. The van der Waals surface area contributed by atoms with E-state index in [1.807, 2.05) is 6.07 Å². The summed E-state index contributed by atoms with van der Waals surface area (Å²) < 4.78 is 27.6. The Labute approximate surface area is 121 Å². The Kier molecular flexibility index (Phi) is 4.52. The Morgan fingerprint density at radius 2 is 1.95 bits per heavy atom. The van der Waals surface area contributed by atoms with Gasteiger partial charge in [0, 0.05) is 12.6 Å². The van der Waals surface area contributed by atoms with E-state index in [1.54, 1.807) is 18.2 Å². The number of hydrogen-bond donors (Lipinski definition) is 2. The first-order chi connectivity index (χ1) is 9.32. The van der Waals surface area contributed by atoms with Crippen LogP contribution in [0.3, 0.4) is 0 Å². The molecule has 0 bridgehead atoms. The highest BCUT2D eigenvalue weighted by atomic mass is 32.2. The zero-order chi connectivity index (χ0) is 14.8. The second-order valence-electron chi connectivity index (χ2n) is 6.41. The van der Waals surface area contributed by atoms with Gasteiger partial charge in [-0.1, -0.05) is 26.0 Å². The molecule has 0 aromatic heterocycles. The van der Waals surface area contributed by atoms with E-state index < -0.39 is 10.0 Å². The molecule has 1 aliphatic carbocycles. The average molecular weight is 296 g/mol. The summed E-state index contributed by atoms with van der Waals surface area (Å²) in [4.78, 5) is 0.310. The summed E-state index contributed by atoms with van der Waals surface area (Å²) in [6.07, 6.45) is 3.93. The highest BCUT2D eigenvalue weighted by Crippen LogP contribution is 2.35. The van der Waals surface area contributed by atoms with Crippen LogP contribution in [-0.4, -0.2) is 14.5 Å². The molecule has 1 aliphatic rings. The quantitative estimate of drug-likeness (QED) is 0.896. The van der Waals surface area contributed by atoms with Crippen LogP contribution in [0.4, 0.5) is 0 Å². The molecule has 0 unspecified atom stereocenters. The summed E-state index contributed by atoms with van der Waals surface area (Å²) in [6.45, 7) is 4.83. The molecule has 20 heavy (non-hydrogen) atoms. The third-order valence-corrected chi connectivity index (χ3v) is 5.62. The highest BCUT2D eigenvalue weighted by molar-refractivity contribution is 7.89. The normalized spacial score (nSPS) is 19.9. The van der Waals surface area contributed by atoms with E-state index in [2.05, 4.69) is 18.6 Å². The zero-order valence-corrected chi connectivity index (χ0v) is 13.0. The molecule has 4 nitrogen and oxygen atoms in total. The molecule has 1 aromatic rings. The minimum Gasteiger partial charge on any atom is -0.326 e. The number of nitrogens with one attached hydrogen (secondary N) is 1. The molecule has 2 rings (SSSR count). The van der Waals surface area contributed by atoms with Gasteiger partial charge in [-0.2, -0.15) is 0 Å². The van der Waals surface area contributed by atoms with Gasteiger partial charge in [0.25, 0.3) is 0 Å². The van der Waals surface area contributed by atoms with E-state index in [9.17, 15) is 8.42 Å². The smallest absolute Gasteiger partial charge is 0.240 e. The van der Waals surface area contributed by atoms with Crippen molar-refractivity contribution < 1.29 is 8.42 Å². The van der Waals surface area contributed by atoms with Gasteiger partial charge in [-0.25, -0.2) is 13.1 Å². The first kappa shape index (κ1) is 15.5. The molecule has 0 radical (unpaired) electrons. The van der Waals surface area contributed by atoms with Crippen molar-refractivity contribution in [3.63, 3.8) is 0 Å². The van der Waals surface area contributed by atoms with Gasteiger partial charge in [0.15, 0.2) is 0 Å². The molecule has 0 amide bonds. The molecule has 3 N–H and O–H groups in total.